The second kappa shape index (κ2) is 7.41. The fraction of sp³-hybridized carbons (Fsp3) is 0.444. The van der Waals surface area contributed by atoms with Crippen molar-refractivity contribution in [2.45, 2.75) is 26.2 Å². The normalized spacial score (nSPS) is 17.6. The Morgan fingerprint density at radius 2 is 2.38 bits per heavy atom. The maximum absolute atomic E-state index is 12.1. The summed E-state index contributed by atoms with van der Waals surface area (Å²) in [7, 11) is 0. The Morgan fingerprint density at radius 3 is 3.23 bits per heavy atom. The number of fused-ring (bicyclic) bond motifs is 1. The highest BCUT2D eigenvalue weighted by atomic mass is 32.1. The van der Waals surface area contributed by atoms with Gasteiger partial charge in [-0.2, -0.15) is 0 Å². The first kappa shape index (κ1) is 17.0. The number of rotatable bonds is 5. The number of hydrogen-bond donors (Lipinski definition) is 1. The molecule has 0 bridgehead atoms. The molecule has 1 amide bonds. The van der Waals surface area contributed by atoms with E-state index in [4.69, 9.17) is 4.52 Å². The van der Waals surface area contributed by atoms with Crippen LogP contribution in [0.3, 0.4) is 0 Å². The fourth-order valence-electron chi connectivity index (χ4n) is 3.43. The van der Waals surface area contributed by atoms with Gasteiger partial charge >= 0.3 is 0 Å². The Labute approximate surface area is 155 Å². The van der Waals surface area contributed by atoms with Gasteiger partial charge in [-0.3, -0.25) is 4.79 Å². The molecule has 8 heteroatoms. The molecule has 0 aromatic carbocycles. The molecule has 26 heavy (non-hydrogen) atoms. The van der Waals surface area contributed by atoms with Crippen molar-refractivity contribution in [3.8, 4) is 0 Å². The predicted octanol–water partition coefficient (Wildman–Crippen LogP) is 2.56. The third-order valence-electron chi connectivity index (χ3n) is 4.66. The number of aryl methyl sites for hydroxylation is 1. The van der Waals surface area contributed by atoms with Crippen LogP contribution in [0.2, 0.25) is 0 Å². The highest BCUT2D eigenvalue weighted by Gasteiger charge is 2.23. The smallest absolute Gasteiger partial charge is 0.227 e. The molecule has 3 aromatic rings. The topological polar surface area (TPSA) is 84.2 Å². The summed E-state index contributed by atoms with van der Waals surface area (Å²) in [5, 5.41) is 10.0. The van der Waals surface area contributed by atoms with Crippen LogP contribution in [-0.4, -0.2) is 40.7 Å². The summed E-state index contributed by atoms with van der Waals surface area (Å²) in [6, 6.07) is 3.88. The van der Waals surface area contributed by atoms with E-state index in [0.29, 0.717) is 18.2 Å². The number of aromatic nitrogens is 3. The van der Waals surface area contributed by atoms with E-state index in [1.807, 2.05) is 6.92 Å². The van der Waals surface area contributed by atoms with Gasteiger partial charge in [-0.1, -0.05) is 5.16 Å². The van der Waals surface area contributed by atoms with Crippen LogP contribution in [0.25, 0.3) is 10.2 Å². The minimum Gasteiger partial charge on any atom is -0.361 e. The van der Waals surface area contributed by atoms with Gasteiger partial charge in [-0.25, -0.2) is 9.97 Å². The fourth-order valence-corrected chi connectivity index (χ4v) is 4.16. The molecule has 0 saturated carbocycles. The number of nitrogens with zero attached hydrogens (tertiary/aromatic N) is 4. The predicted molar refractivity (Wildman–Crippen MR) is 100 cm³/mol. The van der Waals surface area contributed by atoms with E-state index in [-0.39, 0.29) is 12.3 Å². The molecular weight excluding hydrogens is 350 g/mol. The van der Waals surface area contributed by atoms with Gasteiger partial charge in [0.25, 0.3) is 0 Å². The van der Waals surface area contributed by atoms with Crippen LogP contribution in [0.4, 0.5) is 5.82 Å². The van der Waals surface area contributed by atoms with E-state index in [1.165, 1.54) is 0 Å². The molecule has 0 spiro atoms. The summed E-state index contributed by atoms with van der Waals surface area (Å²) in [6.45, 7) is 4.40. The van der Waals surface area contributed by atoms with Gasteiger partial charge in [0.1, 0.15) is 22.7 Å². The zero-order valence-corrected chi connectivity index (χ0v) is 15.5. The van der Waals surface area contributed by atoms with Crippen LogP contribution in [0.1, 0.15) is 24.3 Å². The lowest BCUT2D eigenvalue weighted by Crippen LogP contribution is -2.41. The van der Waals surface area contributed by atoms with Gasteiger partial charge in [0.05, 0.1) is 17.5 Å². The van der Waals surface area contributed by atoms with Crippen molar-refractivity contribution in [1.29, 1.82) is 0 Å². The minimum atomic E-state index is -0.0273. The number of hydrogen-bond acceptors (Lipinski definition) is 7. The lowest BCUT2D eigenvalue weighted by Gasteiger charge is -2.33. The van der Waals surface area contributed by atoms with Crippen LogP contribution < -0.4 is 10.2 Å². The monoisotopic (exact) mass is 371 g/mol. The van der Waals surface area contributed by atoms with E-state index >= 15 is 0 Å². The second-order valence-electron chi connectivity index (χ2n) is 6.71. The summed E-state index contributed by atoms with van der Waals surface area (Å²) >= 11 is 1.63. The highest BCUT2D eigenvalue weighted by Crippen LogP contribution is 2.29. The Bertz CT molecular complexity index is 906. The van der Waals surface area contributed by atoms with E-state index in [2.05, 4.69) is 36.8 Å². The SMILES string of the molecule is Cc1cc(CC(=O)NCC2CCCN(c3ncnc4sccc34)C2)on1. The van der Waals surface area contributed by atoms with Gasteiger partial charge in [0.2, 0.25) is 5.91 Å². The summed E-state index contributed by atoms with van der Waals surface area (Å²) in [4.78, 5) is 24.3. The molecule has 4 rings (SSSR count). The van der Waals surface area contributed by atoms with Crippen molar-refractivity contribution >= 4 is 33.3 Å². The van der Waals surface area contributed by atoms with Gasteiger partial charge in [-0.05, 0) is 37.1 Å². The summed E-state index contributed by atoms with van der Waals surface area (Å²) in [6.07, 6.45) is 4.07. The molecule has 1 aliphatic rings. The van der Waals surface area contributed by atoms with Crippen molar-refractivity contribution < 1.29 is 9.32 Å². The molecule has 0 aliphatic carbocycles. The van der Waals surface area contributed by atoms with E-state index in [1.54, 1.807) is 23.7 Å². The zero-order valence-electron chi connectivity index (χ0n) is 14.6. The third kappa shape index (κ3) is 3.70. The first-order valence-corrected chi connectivity index (χ1v) is 9.69. The molecular formula is C18H21N5O2S. The Hall–Kier alpha value is -2.48. The largest absolute Gasteiger partial charge is 0.361 e. The molecule has 1 unspecified atom stereocenters. The van der Waals surface area contributed by atoms with Gasteiger partial charge < -0.3 is 14.7 Å². The molecule has 1 atom stereocenters. The average Bonchev–Trinajstić information content (AvgIpc) is 3.28. The number of anilines is 1. The van der Waals surface area contributed by atoms with Gasteiger partial charge in [-0.15, -0.1) is 11.3 Å². The molecule has 1 fully saturated rings. The molecule has 136 valence electrons. The quantitative estimate of drug-likeness (QED) is 0.742. The number of carbonyl (C=O) groups is 1. The maximum atomic E-state index is 12.1. The molecule has 1 N–H and O–H groups in total. The summed E-state index contributed by atoms with van der Waals surface area (Å²) in [5.41, 5.74) is 0.792. The molecule has 1 aliphatic heterocycles. The molecule has 1 saturated heterocycles. The zero-order chi connectivity index (χ0) is 17.9. The maximum Gasteiger partial charge on any atom is 0.227 e. The third-order valence-corrected chi connectivity index (χ3v) is 5.48. The van der Waals surface area contributed by atoms with Crippen molar-refractivity contribution in [3.63, 3.8) is 0 Å². The highest BCUT2D eigenvalue weighted by molar-refractivity contribution is 7.16. The van der Waals surface area contributed by atoms with Gasteiger partial charge in [0, 0.05) is 25.7 Å². The second-order valence-corrected chi connectivity index (χ2v) is 7.60. The van der Waals surface area contributed by atoms with Crippen LogP contribution >= 0.6 is 11.3 Å². The van der Waals surface area contributed by atoms with E-state index in [9.17, 15) is 4.79 Å². The standard InChI is InChI=1S/C18H21N5O2S/c1-12-7-14(25-22-12)8-16(24)19-9-13-3-2-5-23(10-13)17-15-4-6-26-18(15)21-11-20-17/h4,6-7,11,13H,2-3,5,8-10H2,1H3,(H,19,24). The molecule has 4 heterocycles. The van der Waals surface area contributed by atoms with Gasteiger partial charge in [0.15, 0.2) is 0 Å². The number of thiophene rings is 1. The lowest BCUT2D eigenvalue weighted by atomic mass is 9.97. The Kier molecular flexibility index (Phi) is 4.83. The summed E-state index contributed by atoms with van der Waals surface area (Å²) < 4.78 is 5.10. The van der Waals surface area contributed by atoms with Crippen molar-refractivity contribution in [3.05, 3.63) is 35.3 Å². The van der Waals surface area contributed by atoms with Crippen LogP contribution in [0.5, 0.6) is 0 Å². The Morgan fingerprint density at radius 1 is 1.46 bits per heavy atom. The number of piperidine rings is 1. The number of amides is 1. The molecule has 3 aromatic heterocycles. The van der Waals surface area contributed by atoms with Crippen molar-refractivity contribution in [2.24, 2.45) is 5.92 Å². The average molecular weight is 371 g/mol. The first-order chi connectivity index (χ1) is 12.7. The van der Waals surface area contributed by atoms with E-state index in [0.717, 1.165) is 47.7 Å². The van der Waals surface area contributed by atoms with E-state index < -0.39 is 0 Å². The van der Waals surface area contributed by atoms with Crippen molar-refractivity contribution in [2.75, 3.05) is 24.5 Å². The van der Waals surface area contributed by atoms with Crippen LogP contribution in [0.15, 0.2) is 28.4 Å². The molecule has 0 radical (unpaired) electrons. The number of carbonyl (C=O) groups excluding carboxylic acids is 1. The van der Waals surface area contributed by atoms with Crippen molar-refractivity contribution in [1.82, 2.24) is 20.4 Å². The lowest BCUT2D eigenvalue weighted by molar-refractivity contribution is -0.120. The number of nitrogens with one attached hydrogen (secondary N) is 1. The minimum absolute atomic E-state index is 0.0273. The van der Waals surface area contributed by atoms with Crippen LogP contribution in [-0.2, 0) is 11.2 Å². The first-order valence-electron chi connectivity index (χ1n) is 8.81. The summed E-state index contributed by atoms with van der Waals surface area (Å²) in [5.74, 6) is 1.99. The Balaban J connectivity index is 1.35. The van der Waals surface area contributed by atoms with Crippen LogP contribution in [0, 0.1) is 12.8 Å². The molecule has 7 nitrogen and oxygen atoms in total.